The molecule has 0 spiro atoms. The van der Waals surface area contributed by atoms with Crippen LogP contribution >= 0.6 is 11.3 Å². The van der Waals surface area contributed by atoms with Crippen LogP contribution in [0.4, 0.5) is 5.69 Å². The largest absolute Gasteiger partial charge is 0.326 e. The molecule has 182 valence electrons. The maximum Gasteiger partial charge on any atom is 0.308 e. The molecule has 34 heavy (non-hydrogen) atoms. The molecule has 1 N–H and O–H groups in total. The number of piperidine rings is 1. The molecule has 1 saturated heterocycles. The summed E-state index contributed by atoms with van der Waals surface area (Å²) in [5.41, 5.74) is 2.60. The highest BCUT2D eigenvalue weighted by molar-refractivity contribution is 7.89. The summed E-state index contributed by atoms with van der Waals surface area (Å²) in [7, 11) is -3.41. The highest BCUT2D eigenvalue weighted by Gasteiger charge is 2.32. The Hall–Kier alpha value is -2.49. The van der Waals surface area contributed by atoms with Crippen LogP contribution in [0.15, 0.2) is 53.3 Å². The van der Waals surface area contributed by atoms with Crippen LogP contribution in [0.5, 0.6) is 0 Å². The number of benzene rings is 2. The third kappa shape index (κ3) is 5.59. The van der Waals surface area contributed by atoms with Crippen molar-refractivity contribution in [2.45, 2.75) is 45.6 Å². The van der Waals surface area contributed by atoms with Crippen molar-refractivity contribution >= 4 is 43.2 Å². The number of sulfonamides is 1. The molecule has 0 bridgehead atoms. The second kappa shape index (κ2) is 10.4. The predicted molar refractivity (Wildman–Crippen MR) is 138 cm³/mol. The van der Waals surface area contributed by atoms with E-state index >= 15 is 0 Å². The van der Waals surface area contributed by atoms with Crippen LogP contribution < -0.4 is 10.2 Å². The molecule has 0 radical (unpaired) electrons. The van der Waals surface area contributed by atoms with Gasteiger partial charge in [0.05, 0.1) is 21.9 Å². The van der Waals surface area contributed by atoms with Crippen molar-refractivity contribution in [1.29, 1.82) is 0 Å². The summed E-state index contributed by atoms with van der Waals surface area (Å²) >= 11 is 1.16. The average Bonchev–Trinajstić information content (AvgIpc) is 3.15. The van der Waals surface area contributed by atoms with E-state index in [-0.39, 0.29) is 29.1 Å². The molecule has 1 fully saturated rings. The van der Waals surface area contributed by atoms with Gasteiger partial charge in [-0.05, 0) is 63.3 Å². The molecule has 4 rings (SSSR count). The minimum Gasteiger partial charge on any atom is -0.326 e. The smallest absolute Gasteiger partial charge is 0.308 e. The lowest BCUT2D eigenvalue weighted by Gasteiger charge is -2.31. The summed E-state index contributed by atoms with van der Waals surface area (Å²) in [5, 5.41) is 2.93. The third-order valence-electron chi connectivity index (χ3n) is 6.26. The van der Waals surface area contributed by atoms with Gasteiger partial charge in [0.15, 0.2) is 0 Å². The molecule has 2 heterocycles. The summed E-state index contributed by atoms with van der Waals surface area (Å²) in [5.74, 6) is -0.495. The zero-order valence-corrected chi connectivity index (χ0v) is 21.2. The second-order valence-electron chi connectivity index (χ2n) is 9.11. The summed E-state index contributed by atoms with van der Waals surface area (Å²) < 4.78 is 29.8. The summed E-state index contributed by atoms with van der Waals surface area (Å²) in [6, 6.07) is 15.4. The number of carbonyl (C=O) groups excluding carboxylic acids is 1. The first-order valence-electron chi connectivity index (χ1n) is 11.7. The number of aryl methyl sites for hydroxylation is 1. The van der Waals surface area contributed by atoms with E-state index in [4.69, 9.17) is 0 Å². The van der Waals surface area contributed by atoms with Gasteiger partial charge in [0.25, 0.3) is 0 Å². The molecule has 1 atom stereocenters. The highest BCUT2D eigenvalue weighted by Crippen LogP contribution is 2.26. The van der Waals surface area contributed by atoms with Gasteiger partial charge in [-0.1, -0.05) is 41.7 Å². The Morgan fingerprint density at radius 1 is 1.18 bits per heavy atom. The SMILES string of the molecule is CC(C)n1c(=O)sc2cc(NC(=O)C3CCCN(S(=O)(=O)CCCc4ccccc4)C3)ccc21. The van der Waals surface area contributed by atoms with Gasteiger partial charge >= 0.3 is 4.87 Å². The quantitative estimate of drug-likeness (QED) is 0.500. The summed E-state index contributed by atoms with van der Waals surface area (Å²) in [4.78, 5) is 25.2. The molecule has 1 aromatic heterocycles. The number of nitrogens with one attached hydrogen (secondary N) is 1. The van der Waals surface area contributed by atoms with Gasteiger partial charge in [-0.3, -0.25) is 14.2 Å². The van der Waals surface area contributed by atoms with Crippen molar-refractivity contribution in [1.82, 2.24) is 8.87 Å². The summed E-state index contributed by atoms with van der Waals surface area (Å²) in [6.45, 7) is 4.60. The highest BCUT2D eigenvalue weighted by atomic mass is 32.2. The molecule has 1 aliphatic heterocycles. The van der Waals surface area contributed by atoms with E-state index in [1.54, 1.807) is 10.6 Å². The van der Waals surface area contributed by atoms with E-state index in [1.165, 1.54) is 4.31 Å². The fraction of sp³-hybridized carbons (Fsp3) is 0.440. The Bertz CT molecular complexity index is 1310. The molecular weight excluding hydrogens is 470 g/mol. The molecule has 9 heteroatoms. The Balaban J connectivity index is 1.37. The van der Waals surface area contributed by atoms with Gasteiger partial charge in [-0.15, -0.1) is 0 Å². The average molecular weight is 502 g/mol. The zero-order chi connectivity index (χ0) is 24.3. The Morgan fingerprint density at radius 3 is 2.68 bits per heavy atom. The normalized spacial score (nSPS) is 17.3. The van der Waals surface area contributed by atoms with Crippen LogP contribution in [0.2, 0.25) is 0 Å². The van der Waals surface area contributed by atoms with Gasteiger partial charge < -0.3 is 5.32 Å². The van der Waals surface area contributed by atoms with E-state index in [0.717, 1.165) is 27.1 Å². The number of fused-ring (bicyclic) bond motifs is 1. The lowest BCUT2D eigenvalue weighted by molar-refractivity contribution is -0.120. The molecule has 7 nitrogen and oxygen atoms in total. The number of nitrogens with zero attached hydrogens (tertiary/aromatic N) is 2. The number of hydrogen-bond donors (Lipinski definition) is 1. The number of thiazole rings is 1. The van der Waals surface area contributed by atoms with E-state index in [9.17, 15) is 18.0 Å². The predicted octanol–water partition coefficient (Wildman–Crippen LogP) is 4.26. The monoisotopic (exact) mass is 501 g/mol. The van der Waals surface area contributed by atoms with Crippen molar-refractivity contribution in [3.8, 4) is 0 Å². The molecule has 1 unspecified atom stereocenters. The molecule has 2 aromatic carbocycles. The number of aromatic nitrogens is 1. The van der Waals surface area contributed by atoms with Gasteiger partial charge in [0, 0.05) is 24.8 Å². The first kappa shape index (κ1) is 24.6. The first-order chi connectivity index (χ1) is 16.2. The van der Waals surface area contributed by atoms with Gasteiger partial charge in [0.1, 0.15) is 0 Å². The van der Waals surface area contributed by atoms with Gasteiger partial charge in [-0.2, -0.15) is 0 Å². The van der Waals surface area contributed by atoms with Gasteiger partial charge in [-0.25, -0.2) is 12.7 Å². The fourth-order valence-electron chi connectivity index (χ4n) is 4.49. The Kier molecular flexibility index (Phi) is 7.54. The maximum absolute atomic E-state index is 13.0. The van der Waals surface area contributed by atoms with Gasteiger partial charge in [0.2, 0.25) is 15.9 Å². The van der Waals surface area contributed by atoms with Crippen LogP contribution in [-0.4, -0.2) is 42.0 Å². The molecule has 1 amide bonds. The lowest BCUT2D eigenvalue weighted by Crippen LogP contribution is -2.44. The Labute approximate surface area is 204 Å². The number of rotatable bonds is 8. The first-order valence-corrected chi connectivity index (χ1v) is 14.1. The lowest BCUT2D eigenvalue weighted by atomic mass is 9.98. The Morgan fingerprint density at radius 2 is 1.94 bits per heavy atom. The molecule has 3 aromatic rings. The number of amides is 1. The van der Waals surface area contributed by atoms with E-state index in [1.807, 2.05) is 56.3 Å². The van der Waals surface area contributed by atoms with Crippen LogP contribution in [0.25, 0.3) is 10.2 Å². The fourth-order valence-corrected chi connectivity index (χ4v) is 7.12. The van der Waals surface area contributed by atoms with Crippen molar-refractivity contribution in [2.24, 2.45) is 5.92 Å². The van der Waals surface area contributed by atoms with Crippen LogP contribution in [0, 0.1) is 5.92 Å². The van der Waals surface area contributed by atoms with E-state index in [2.05, 4.69) is 5.32 Å². The van der Waals surface area contributed by atoms with Crippen LogP contribution in [0.1, 0.15) is 44.7 Å². The van der Waals surface area contributed by atoms with Crippen LogP contribution in [0.3, 0.4) is 0 Å². The number of anilines is 1. The van der Waals surface area contributed by atoms with E-state index < -0.39 is 15.9 Å². The van der Waals surface area contributed by atoms with E-state index in [0.29, 0.717) is 37.9 Å². The molecule has 0 saturated carbocycles. The molecule has 0 aliphatic carbocycles. The molecule has 1 aliphatic rings. The minimum atomic E-state index is -3.41. The number of hydrogen-bond acceptors (Lipinski definition) is 5. The maximum atomic E-state index is 13.0. The molecular formula is C25H31N3O4S2. The zero-order valence-electron chi connectivity index (χ0n) is 19.6. The summed E-state index contributed by atoms with van der Waals surface area (Å²) in [6.07, 6.45) is 2.58. The van der Waals surface area contributed by atoms with Crippen molar-refractivity contribution < 1.29 is 13.2 Å². The standard InChI is InChI=1S/C25H31N3O4S2/c1-18(2)28-22-13-12-21(16-23(22)33-25(28)30)26-24(29)20-11-6-14-27(17-20)34(31,32)15-7-10-19-8-4-3-5-9-19/h3-5,8-9,12-13,16,18,20H,6-7,10-11,14-15,17H2,1-2H3,(H,26,29). The van der Waals surface area contributed by atoms with Crippen molar-refractivity contribution in [3.63, 3.8) is 0 Å². The second-order valence-corrected chi connectivity index (χ2v) is 12.2. The minimum absolute atomic E-state index is 0.0196. The van der Waals surface area contributed by atoms with Crippen molar-refractivity contribution in [3.05, 3.63) is 63.8 Å². The topological polar surface area (TPSA) is 88.5 Å². The third-order valence-corrected chi connectivity index (χ3v) is 9.10. The number of carbonyl (C=O) groups is 1. The van der Waals surface area contributed by atoms with Crippen molar-refractivity contribution in [2.75, 3.05) is 24.2 Å². The van der Waals surface area contributed by atoms with Crippen LogP contribution in [-0.2, 0) is 21.2 Å².